The fraction of sp³-hybridized carbons (Fsp3) is 0.200. The van der Waals surface area contributed by atoms with Crippen LogP contribution in [0, 0.1) is 10.1 Å². The van der Waals surface area contributed by atoms with Crippen LogP contribution in [0.15, 0.2) is 53.4 Å². The average molecular weight is 398 g/mol. The Morgan fingerprint density at radius 1 is 1.07 bits per heavy atom. The molecule has 0 saturated carbocycles. The largest absolute Gasteiger partial charge is 0.494 e. The molecule has 0 atom stereocenters. The molecule has 0 N–H and O–H groups in total. The highest BCUT2D eigenvalue weighted by Gasteiger charge is 2.40. The molecule has 0 spiro atoms. The summed E-state index contributed by atoms with van der Waals surface area (Å²) in [6, 6.07) is 12.4. The molecule has 0 saturated heterocycles. The third kappa shape index (κ3) is 3.63. The number of hydrogen-bond donors (Lipinski definition) is 0. The van der Waals surface area contributed by atoms with Gasteiger partial charge in [0.25, 0.3) is 17.5 Å². The van der Waals surface area contributed by atoms with E-state index in [0.717, 1.165) is 4.90 Å². The van der Waals surface area contributed by atoms with E-state index in [1.54, 1.807) is 24.3 Å². The zero-order chi connectivity index (χ0) is 20.3. The summed E-state index contributed by atoms with van der Waals surface area (Å²) in [7, 11) is 0. The van der Waals surface area contributed by atoms with Crippen molar-refractivity contribution in [2.45, 2.75) is 13.8 Å². The highest BCUT2D eigenvalue weighted by Crippen LogP contribution is 2.39. The lowest BCUT2D eigenvalue weighted by atomic mass is 10.1. The fourth-order valence-electron chi connectivity index (χ4n) is 2.91. The molecule has 28 heavy (non-hydrogen) atoms. The number of non-ortho nitro benzene ring substituents is 1. The van der Waals surface area contributed by atoms with E-state index in [1.165, 1.54) is 36.0 Å². The number of imide groups is 1. The van der Waals surface area contributed by atoms with Gasteiger partial charge in [-0.05, 0) is 42.5 Å². The molecule has 0 radical (unpaired) electrons. The van der Waals surface area contributed by atoms with Gasteiger partial charge in [-0.3, -0.25) is 19.7 Å². The quantitative estimate of drug-likeness (QED) is 0.397. The van der Waals surface area contributed by atoms with Crippen molar-refractivity contribution in [2.75, 3.05) is 17.3 Å². The Bertz CT molecular complexity index is 969. The van der Waals surface area contributed by atoms with E-state index < -0.39 is 16.7 Å². The zero-order valence-corrected chi connectivity index (χ0v) is 16.2. The van der Waals surface area contributed by atoms with E-state index in [2.05, 4.69) is 0 Å². The molecule has 1 aliphatic rings. The van der Waals surface area contributed by atoms with Crippen molar-refractivity contribution in [2.24, 2.45) is 0 Å². The molecular formula is C20H18N2O5S. The van der Waals surface area contributed by atoms with Crippen molar-refractivity contribution in [1.29, 1.82) is 0 Å². The van der Waals surface area contributed by atoms with Gasteiger partial charge in [-0.15, -0.1) is 11.8 Å². The summed E-state index contributed by atoms with van der Waals surface area (Å²) in [5, 5.41) is 10.9. The Hall–Kier alpha value is -3.13. The Morgan fingerprint density at radius 2 is 1.79 bits per heavy atom. The van der Waals surface area contributed by atoms with Crippen molar-refractivity contribution in [3.63, 3.8) is 0 Å². The summed E-state index contributed by atoms with van der Waals surface area (Å²) in [5.74, 6) is 0.314. The van der Waals surface area contributed by atoms with Gasteiger partial charge in [0.05, 0.1) is 27.7 Å². The van der Waals surface area contributed by atoms with Gasteiger partial charge >= 0.3 is 0 Å². The number of carbonyl (C=O) groups excluding carboxylic acids is 2. The first kappa shape index (κ1) is 19.6. The van der Waals surface area contributed by atoms with E-state index in [1.807, 2.05) is 13.8 Å². The molecule has 8 heteroatoms. The smallest absolute Gasteiger partial charge is 0.272 e. The summed E-state index contributed by atoms with van der Waals surface area (Å²) in [6.07, 6.45) is 0. The molecule has 2 amide bonds. The highest BCUT2D eigenvalue weighted by molar-refractivity contribution is 8.04. The molecule has 144 valence electrons. The van der Waals surface area contributed by atoms with Crippen molar-refractivity contribution in [1.82, 2.24) is 0 Å². The van der Waals surface area contributed by atoms with Crippen LogP contribution >= 0.6 is 11.8 Å². The topological polar surface area (TPSA) is 89.8 Å². The molecular weight excluding hydrogens is 380 g/mol. The zero-order valence-electron chi connectivity index (χ0n) is 15.4. The maximum Gasteiger partial charge on any atom is 0.272 e. The van der Waals surface area contributed by atoms with Gasteiger partial charge in [0.2, 0.25) is 0 Å². The first-order valence-corrected chi connectivity index (χ1v) is 9.70. The Labute approximate surface area is 166 Å². The predicted octanol–water partition coefficient (Wildman–Crippen LogP) is 4.03. The molecule has 2 aromatic rings. The van der Waals surface area contributed by atoms with Gasteiger partial charge in [0.15, 0.2) is 0 Å². The number of nitro groups is 1. The van der Waals surface area contributed by atoms with E-state index in [9.17, 15) is 19.7 Å². The van der Waals surface area contributed by atoms with Crippen LogP contribution < -0.4 is 9.64 Å². The van der Waals surface area contributed by atoms with Crippen molar-refractivity contribution in [3.8, 4) is 5.75 Å². The molecule has 7 nitrogen and oxygen atoms in total. The number of anilines is 1. The summed E-state index contributed by atoms with van der Waals surface area (Å²) < 4.78 is 5.47. The molecule has 1 heterocycles. The number of nitrogens with zero attached hydrogens (tertiary/aromatic N) is 2. The van der Waals surface area contributed by atoms with Crippen molar-refractivity contribution >= 4 is 40.5 Å². The minimum atomic E-state index is -0.507. The van der Waals surface area contributed by atoms with E-state index >= 15 is 0 Å². The van der Waals surface area contributed by atoms with Gasteiger partial charge in [0.1, 0.15) is 5.75 Å². The first-order chi connectivity index (χ1) is 13.5. The lowest BCUT2D eigenvalue weighted by Gasteiger charge is -2.16. The number of nitro benzene ring substituents is 1. The number of thioether (sulfide) groups is 1. The number of rotatable bonds is 7. The second kappa shape index (κ2) is 8.26. The van der Waals surface area contributed by atoms with Gasteiger partial charge in [0, 0.05) is 18.2 Å². The van der Waals surface area contributed by atoms with Crippen LogP contribution in [0.2, 0.25) is 0 Å². The number of carbonyl (C=O) groups is 2. The fourth-order valence-corrected chi connectivity index (χ4v) is 3.76. The number of amides is 2. The Balaban J connectivity index is 2.03. The molecule has 0 bridgehead atoms. The molecule has 1 aliphatic heterocycles. The van der Waals surface area contributed by atoms with Crippen LogP contribution in [0.25, 0.3) is 5.57 Å². The molecule has 0 fully saturated rings. The minimum Gasteiger partial charge on any atom is -0.494 e. The van der Waals surface area contributed by atoms with Crippen molar-refractivity contribution in [3.05, 3.63) is 69.1 Å². The second-order valence-electron chi connectivity index (χ2n) is 5.82. The van der Waals surface area contributed by atoms with Crippen LogP contribution in [-0.2, 0) is 9.59 Å². The number of benzene rings is 2. The summed E-state index contributed by atoms with van der Waals surface area (Å²) in [6.45, 7) is 4.21. The van der Waals surface area contributed by atoms with Gasteiger partial charge in [-0.2, -0.15) is 0 Å². The molecule has 0 aromatic heterocycles. The minimum absolute atomic E-state index is 0.0768. The normalized spacial score (nSPS) is 14.0. The van der Waals surface area contributed by atoms with Crippen molar-refractivity contribution < 1.29 is 19.2 Å². The highest BCUT2D eigenvalue weighted by atomic mass is 32.2. The molecule has 2 aromatic carbocycles. The second-order valence-corrected chi connectivity index (χ2v) is 7.09. The number of hydrogen-bond acceptors (Lipinski definition) is 6. The summed E-state index contributed by atoms with van der Waals surface area (Å²) in [4.78, 5) is 38.0. The van der Waals surface area contributed by atoms with Gasteiger partial charge in [-0.1, -0.05) is 13.0 Å². The lowest BCUT2D eigenvalue weighted by Crippen LogP contribution is -2.31. The molecule has 0 unspecified atom stereocenters. The Morgan fingerprint density at radius 3 is 2.39 bits per heavy atom. The molecule has 0 aliphatic carbocycles. The number of ether oxygens (including phenoxy) is 1. The third-order valence-electron chi connectivity index (χ3n) is 4.08. The van der Waals surface area contributed by atoms with Gasteiger partial charge in [-0.25, -0.2) is 4.90 Å². The van der Waals surface area contributed by atoms with Crippen LogP contribution in [0.5, 0.6) is 5.75 Å². The van der Waals surface area contributed by atoms with Crippen LogP contribution in [0.1, 0.15) is 19.4 Å². The van der Waals surface area contributed by atoms with E-state index in [0.29, 0.717) is 34.3 Å². The van der Waals surface area contributed by atoms with Crippen LogP contribution in [0.3, 0.4) is 0 Å². The predicted molar refractivity (Wildman–Crippen MR) is 108 cm³/mol. The molecule has 3 rings (SSSR count). The third-order valence-corrected chi connectivity index (χ3v) is 5.04. The van der Waals surface area contributed by atoms with Crippen LogP contribution in [-0.4, -0.2) is 29.1 Å². The Kier molecular flexibility index (Phi) is 5.79. The summed E-state index contributed by atoms with van der Waals surface area (Å²) >= 11 is 1.28. The van der Waals surface area contributed by atoms with Gasteiger partial charge < -0.3 is 4.74 Å². The first-order valence-electron chi connectivity index (χ1n) is 8.71. The average Bonchev–Trinajstić information content (AvgIpc) is 2.92. The van der Waals surface area contributed by atoms with E-state index in [-0.39, 0.29) is 11.3 Å². The maximum atomic E-state index is 13.1. The van der Waals surface area contributed by atoms with E-state index in [4.69, 9.17) is 4.74 Å². The monoisotopic (exact) mass is 398 g/mol. The lowest BCUT2D eigenvalue weighted by molar-refractivity contribution is -0.384. The SMILES string of the molecule is CCOc1cccc(N2C(=O)C(SCC)=C(c3ccc([N+](=O)[O-])cc3)C2=O)c1. The van der Waals surface area contributed by atoms with Crippen LogP contribution in [0.4, 0.5) is 11.4 Å². The maximum absolute atomic E-state index is 13.1. The summed E-state index contributed by atoms with van der Waals surface area (Å²) in [5.41, 5.74) is 1.08. The standard InChI is InChI=1S/C20H18N2O5S/c1-3-27-16-7-5-6-15(12-16)21-19(23)17(18(20(21)24)28-4-2)13-8-10-14(11-9-13)22(25)26/h5-12H,3-4H2,1-2H3.